The van der Waals surface area contributed by atoms with E-state index in [9.17, 15) is 9.59 Å². The predicted octanol–water partition coefficient (Wildman–Crippen LogP) is 3.43. The summed E-state index contributed by atoms with van der Waals surface area (Å²) >= 11 is 3.32. The Morgan fingerprint density at radius 2 is 1.77 bits per heavy atom. The molecule has 0 amide bonds. The Morgan fingerprint density at radius 1 is 1.04 bits per heavy atom. The Hall–Kier alpha value is -3.06. The normalized spacial score (nSPS) is 11.0. The summed E-state index contributed by atoms with van der Waals surface area (Å²) in [6.07, 6.45) is 1.41. The standard InChI is InChI=1S/C19H12BrN3O3/c20-14-8-6-13(7-9-14)17(24)18-15-16(22-26-18)19(25)23(11-21-15)10-12-4-2-1-3-5-12/h1-9,11H,10H2. The minimum Gasteiger partial charge on any atom is -0.349 e. The van der Waals surface area contributed by atoms with Crippen LogP contribution < -0.4 is 5.56 Å². The van der Waals surface area contributed by atoms with Crippen LogP contribution in [0.25, 0.3) is 11.0 Å². The number of halogens is 1. The summed E-state index contributed by atoms with van der Waals surface area (Å²) in [6.45, 7) is 0.367. The molecule has 0 fully saturated rings. The summed E-state index contributed by atoms with van der Waals surface area (Å²) < 4.78 is 7.46. The molecule has 4 rings (SSSR count). The summed E-state index contributed by atoms with van der Waals surface area (Å²) in [5.41, 5.74) is 1.26. The molecule has 0 aliphatic rings. The summed E-state index contributed by atoms with van der Waals surface area (Å²) in [7, 11) is 0. The number of hydrogen-bond donors (Lipinski definition) is 0. The van der Waals surface area contributed by atoms with E-state index in [4.69, 9.17) is 4.52 Å². The Kier molecular flexibility index (Phi) is 4.22. The number of carbonyl (C=O) groups is 1. The number of benzene rings is 2. The van der Waals surface area contributed by atoms with Crippen molar-refractivity contribution < 1.29 is 9.32 Å². The van der Waals surface area contributed by atoms with Gasteiger partial charge in [-0.05, 0) is 29.8 Å². The van der Waals surface area contributed by atoms with Crippen LogP contribution in [0.2, 0.25) is 0 Å². The van der Waals surface area contributed by atoms with Crippen molar-refractivity contribution in [3.05, 3.63) is 92.6 Å². The van der Waals surface area contributed by atoms with Crippen LogP contribution in [0, 0.1) is 0 Å². The monoisotopic (exact) mass is 409 g/mol. The fourth-order valence-corrected chi connectivity index (χ4v) is 2.90. The highest BCUT2D eigenvalue weighted by Gasteiger charge is 2.22. The van der Waals surface area contributed by atoms with Crippen LogP contribution in [0.1, 0.15) is 21.7 Å². The second-order valence-corrected chi connectivity index (χ2v) is 6.62. The number of rotatable bonds is 4. The maximum atomic E-state index is 12.6. The lowest BCUT2D eigenvalue weighted by molar-refractivity contribution is 0.100. The Morgan fingerprint density at radius 3 is 2.50 bits per heavy atom. The van der Waals surface area contributed by atoms with Crippen molar-refractivity contribution in [3.63, 3.8) is 0 Å². The third-order valence-electron chi connectivity index (χ3n) is 3.97. The number of aromatic nitrogens is 3. The van der Waals surface area contributed by atoms with E-state index < -0.39 is 0 Å². The molecule has 0 radical (unpaired) electrons. The summed E-state index contributed by atoms with van der Waals surface area (Å²) in [5.74, 6) is -0.404. The fourth-order valence-electron chi connectivity index (χ4n) is 2.64. The second-order valence-electron chi connectivity index (χ2n) is 5.71. The number of hydrogen-bond acceptors (Lipinski definition) is 5. The molecule has 0 spiro atoms. The molecule has 0 aliphatic heterocycles. The van der Waals surface area contributed by atoms with Gasteiger partial charge in [-0.2, -0.15) is 0 Å². The Balaban J connectivity index is 1.73. The van der Waals surface area contributed by atoms with Gasteiger partial charge >= 0.3 is 0 Å². The van der Waals surface area contributed by atoms with Crippen molar-refractivity contribution in [1.29, 1.82) is 0 Å². The summed E-state index contributed by atoms with van der Waals surface area (Å²) in [6, 6.07) is 16.4. The van der Waals surface area contributed by atoms with Crippen LogP contribution >= 0.6 is 15.9 Å². The van der Waals surface area contributed by atoms with Gasteiger partial charge in [0.15, 0.2) is 5.52 Å². The number of fused-ring (bicyclic) bond motifs is 1. The molecular formula is C19H12BrN3O3. The average molecular weight is 410 g/mol. The SMILES string of the molecule is O=C(c1ccc(Br)cc1)c1onc2c(=O)n(Cc3ccccc3)cnc12. The van der Waals surface area contributed by atoms with E-state index in [-0.39, 0.29) is 28.1 Å². The predicted molar refractivity (Wildman–Crippen MR) is 99.2 cm³/mol. The molecule has 2 aromatic heterocycles. The van der Waals surface area contributed by atoms with Crippen molar-refractivity contribution in [2.75, 3.05) is 0 Å². The van der Waals surface area contributed by atoms with Gasteiger partial charge < -0.3 is 4.52 Å². The molecule has 2 heterocycles. The van der Waals surface area contributed by atoms with Crippen LogP contribution in [0.5, 0.6) is 0 Å². The highest BCUT2D eigenvalue weighted by atomic mass is 79.9. The molecule has 0 bridgehead atoms. The molecule has 6 nitrogen and oxygen atoms in total. The summed E-state index contributed by atoms with van der Waals surface area (Å²) in [4.78, 5) is 29.5. The van der Waals surface area contributed by atoms with Crippen molar-refractivity contribution in [3.8, 4) is 0 Å². The topological polar surface area (TPSA) is 78.0 Å². The molecule has 128 valence electrons. The van der Waals surface area contributed by atoms with Crippen LogP contribution in [0.3, 0.4) is 0 Å². The van der Waals surface area contributed by atoms with Crippen LogP contribution in [0.4, 0.5) is 0 Å². The lowest BCUT2D eigenvalue weighted by Gasteiger charge is -2.04. The highest BCUT2D eigenvalue weighted by Crippen LogP contribution is 2.19. The van der Waals surface area contributed by atoms with Gasteiger partial charge in [-0.3, -0.25) is 14.2 Å². The molecule has 0 N–H and O–H groups in total. The first-order chi connectivity index (χ1) is 12.6. The van der Waals surface area contributed by atoms with Gasteiger partial charge in [0, 0.05) is 10.0 Å². The fraction of sp³-hybridized carbons (Fsp3) is 0.0526. The van der Waals surface area contributed by atoms with E-state index in [1.54, 1.807) is 24.3 Å². The van der Waals surface area contributed by atoms with E-state index in [1.807, 2.05) is 30.3 Å². The average Bonchev–Trinajstić information content (AvgIpc) is 3.10. The van der Waals surface area contributed by atoms with Crippen molar-refractivity contribution in [2.45, 2.75) is 6.54 Å². The van der Waals surface area contributed by atoms with Gasteiger partial charge in [0.1, 0.15) is 5.52 Å². The van der Waals surface area contributed by atoms with E-state index in [0.717, 1.165) is 10.0 Å². The first kappa shape index (κ1) is 16.4. The molecule has 7 heteroatoms. The zero-order chi connectivity index (χ0) is 18.1. The first-order valence-electron chi connectivity index (χ1n) is 7.82. The quantitative estimate of drug-likeness (QED) is 0.482. The zero-order valence-corrected chi connectivity index (χ0v) is 15.0. The second kappa shape index (κ2) is 6.68. The molecular weight excluding hydrogens is 398 g/mol. The van der Waals surface area contributed by atoms with E-state index in [0.29, 0.717) is 12.1 Å². The molecule has 0 saturated heterocycles. The number of nitrogens with zero attached hydrogens (tertiary/aromatic N) is 3. The van der Waals surface area contributed by atoms with Gasteiger partial charge in [0.05, 0.1) is 12.9 Å². The molecule has 0 saturated carbocycles. The smallest absolute Gasteiger partial charge is 0.283 e. The molecule has 0 atom stereocenters. The number of ketones is 1. The third kappa shape index (κ3) is 2.97. The minimum atomic E-state index is -0.368. The van der Waals surface area contributed by atoms with E-state index >= 15 is 0 Å². The lowest BCUT2D eigenvalue weighted by Crippen LogP contribution is -2.21. The van der Waals surface area contributed by atoms with Gasteiger partial charge in [-0.15, -0.1) is 0 Å². The minimum absolute atomic E-state index is 0.0358. The van der Waals surface area contributed by atoms with Gasteiger partial charge in [0.25, 0.3) is 5.56 Å². The van der Waals surface area contributed by atoms with E-state index in [2.05, 4.69) is 26.1 Å². The molecule has 26 heavy (non-hydrogen) atoms. The van der Waals surface area contributed by atoms with Gasteiger partial charge in [-0.1, -0.05) is 51.4 Å². The molecule has 0 aliphatic carbocycles. The van der Waals surface area contributed by atoms with Crippen LogP contribution in [0.15, 0.2) is 74.7 Å². The Bertz CT molecular complexity index is 1150. The largest absolute Gasteiger partial charge is 0.349 e. The maximum Gasteiger partial charge on any atom is 0.283 e. The third-order valence-corrected chi connectivity index (χ3v) is 4.49. The van der Waals surface area contributed by atoms with Gasteiger partial charge in [-0.25, -0.2) is 4.98 Å². The Labute approximate surface area is 156 Å². The highest BCUT2D eigenvalue weighted by molar-refractivity contribution is 9.10. The van der Waals surface area contributed by atoms with Gasteiger partial charge in [0.2, 0.25) is 11.5 Å². The van der Waals surface area contributed by atoms with Crippen LogP contribution in [-0.4, -0.2) is 20.5 Å². The lowest BCUT2D eigenvalue weighted by atomic mass is 10.1. The molecule has 2 aromatic carbocycles. The molecule has 4 aromatic rings. The van der Waals surface area contributed by atoms with E-state index in [1.165, 1.54) is 10.9 Å². The van der Waals surface area contributed by atoms with Crippen molar-refractivity contribution >= 4 is 32.7 Å². The summed E-state index contributed by atoms with van der Waals surface area (Å²) in [5, 5.41) is 3.78. The number of carbonyl (C=O) groups excluding carboxylic acids is 1. The first-order valence-corrected chi connectivity index (χ1v) is 8.62. The zero-order valence-electron chi connectivity index (χ0n) is 13.4. The maximum absolute atomic E-state index is 12.6. The van der Waals surface area contributed by atoms with Crippen molar-refractivity contribution in [1.82, 2.24) is 14.7 Å². The van der Waals surface area contributed by atoms with Crippen LogP contribution in [-0.2, 0) is 6.54 Å². The molecule has 0 unspecified atom stereocenters. The van der Waals surface area contributed by atoms with Crippen molar-refractivity contribution in [2.24, 2.45) is 0 Å².